The van der Waals surface area contributed by atoms with Gasteiger partial charge in [-0.25, -0.2) is 0 Å². The highest BCUT2D eigenvalue weighted by Gasteiger charge is 2.28. The average Bonchev–Trinajstić information content (AvgIpc) is 3.05. The summed E-state index contributed by atoms with van der Waals surface area (Å²) in [6.07, 6.45) is 13.7. The van der Waals surface area contributed by atoms with Crippen molar-refractivity contribution in [3.8, 4) is 33.4 Å². The number of rotatable bonds is 7. The standard InChI is InChI=1S/C42H51P/c1-28(2)32-18-11-20-34(26-32)36-22-13-23-37(35-21-12-19-33(27-35)29(3)4)41(36)39-25-24-38(30-14-7-5-8-15-30)40(42(39)43)31-16-9-6-10-17-31/h11-13,18-31H,5-10,14-17,43H2,1-4H3. The van der Waals surface area contributed by atoms with E-state index >= 15 is 0 Å². The Bertz CT molecular complexity index is 1480. The van der Waals surface area contributed by atoms with Gasteiger partial charge in [0.25, 0.3) is 0 Å². The fourth-order valence-electron chi connectivity index (χ4n) is 7.94. The van der Waals surface area contributed by atoms with Crippen LogP contribution in [-0.4, -0.2) is 0 Å². The van der Waals surface area contributed by atoms with Gasteiger partial charge in [-0.15, -0.1) is 9.24 Å². The molecule has 0 amide bonds. The van der Waals surface area contributed by atoms with Crippen molar-refractivity contribution in [2.75, 3.05) is 0 Å². The lowest BCUT2D eigenvalue weighted by molar-refractivity contribution is 0.420. The number of hydrogen-bond donors (Lipinski definition) is 0. The van der Waals surface area contributed by atoms with Crippen molar-refractivity contribution in [1.82, 2.24) is 0 Å². The summed E-state index contributed by atoms with van der Waals surface area (Å²) >= 11 is 0. The molecule has 0 N–H and O–H groups in total. The monoisotopic (exact) mass is 586 g/mol. The Labute approximate surface area is 263 Å². The van der Waals surface area contributed by atoms with Gasteiger partial charge in [-0.3, -0.25) is 0 Å². The molecule has 0 saturated heterocycles. The van der Waals surface area contributed by atoms with Crippen LogP contribution < -0.4 is 5.30 Å². The minimum atomic E-state index is 0.499. The van der Waals surface area contributed by atoms with Crippen LogP contribution in [0.5, 0.6) is 0 Å². The molecule has 0 spiro atoms. The van der Waals surface area contributed by atoms with E-state index in [0.29, 0.717) is 17.8 Å². The molecule has 6 rings (SSSR count). The predicted molar refractivity (Wildman–Crippen MR) is 192 cm³/mol. The van der Waals surface area contributed by atoms with Crippen molar-refractivity contribution in [1.29, 1.82) is 0 Å². The fourth-order valence-corrected chi connectivity index (χ4v) is 8.58. The Balaban J connectivity index is 1.61. The fraction of sp³-hybridized carbons (Fsp3) is 0.429. The van der Waals surface area contributed by atoms with E-state index in [4.69, 9.17) is 0 Å². The first-order valence-electron chi connectivity index (χ1n) is 17.2. The van der Waals surface area contributed by atoms with Crippen molar-refractivity contribution < 1.29 is 0 Å². The highest BCUT2D eigenvalue weighted by molar-refractivity contribution is 7.28. The van der Waals surface area contributed by atoms with Crippen LogP contribution in [0.25, 0.3) is 33.4 Å². The lowest BCUT2D eigenvalue weighted by Crippen LogP contribution is -2.20. The normalized spacial score (nSPS) is 16.7. The highest BCUT2D eigenvalue weighted by Crippen LogP contribution is 2.46. The molecule has 1 unspecified atom stereocenters. The van der Waals surface area contributed by atoms with Crippen LogP contribution >= 0.6 is 9.24 Å². The van der Waals surface area contributed by atoms with Crippen LogP contribution in [0.1, 0.15) is 138 Å². The largest absolute Gasteiger partial charge is 0.105 e. The molecule has 2 fully saturated rings. The van der Waals surface area contributed by atoms with Crippen LogP contribution in [0, 0.1) is 0 Å². The molecule has 2 aliphatic carbocycles. The highest BCUT2D eigenvalue weighted by atomic mass is 31.0. The minimum Gasteiger partial charge on any atom is -0.105 e. The van der Waals surface area contributed by atoms with Crippen LogP contribution in [0.3, 0.4) is 0 Å². The van der Waals surface area contributed by atoms with Gasteiger partial charge in [0.2, 0.25) is 0 Å². The van der Waals surface area contributed by atoms with Crippen molar-refractivity contribution in [3.63, 3.8) is 0 Å². The van der Waals surface area contributed by atoms with E-state index in [1.165, 1.54) is 114 Å². The maximum absolute atomic E-state index is 3.31. The molecule has 2 saturated carbocycles. The molecule has 1 heteroatoms. The third-order valence-electron chi connectivity index (χ3n) is 10.4. The first-order valence-corrected chi connectivity index (χ1v) is 17.8. The molecule has 0 nitrogen and oxygen atoms in total. The van der Waals surface area contributed by atoms with E-state index in [1.807, 2.05) is 0 Å². The van der Waals surface area contributed by atoms with Gasteiger partial charge < -0.3 is 0 Å². The topological polar surface area (TPSA) is 0 Å². The SMILES string of the molecule is CC(C)c1cccc(-c2cccc(-c3cccc(C(C)C)c3)c2-c2ccc(C3CCCCC3)c(C3CCCCC3)c2P)c1. The Morgan fingerprint density at radius 2 is 1.02 bits per heavy atom. The van der Waals surface area contributed by atoms with Gasteiger partial charge in [-0.2, -0.15) is 0 Å². The quantitative estimate of drug-likeness (QED) is 0.189. The summed E-state index contributed by atoms with van der Waals surface area (Å²) < 4.78 is 0. The van der Waals surface area contributed by atoms with E-state index in [0.717, 1.165) is 5.92 Å². The van der Waals surface area contributed by atoms with Crippen molar-refractivity contribution >= 4 is 14.5 Å². The lowest BCUT2D eigenvalue weighted by atomic mass is 9.74. The van der Waals surface area contributed by atoms with E-state index < -0.39 is 0 Å². The zero-order valence-corrected chi connectivity index (χ0v) is 28.1. The summed E-state index contributed by atoms with van der Waals surface area (Å²) in [5.41, 5.74) is 14.3. The van der Waals surface area contributed by atoms with Gasteiger partial charge in [-0.1, -0.05) is 145 Å². The number of hydrogen-bond acceptors (Lipinski definition) is 0. The Kier molecular flexibility index (Phi) is 9.54. The predicted octanol–water partition coefficient (Wildman–Crippen LogP) is 12.5. The van der Waals surface area contributed by atoms with Crippen LogP contribution in [-0.2, 0) is 0 Å². The molecule has 224 valence electrons. The summed E-state index contributed by atoms with van der Waals surface area (Å²) in [7, 11) is 3.31. The Hall–Kier alpha value is -2.69. The maximum atomic E-state index is 3.31. The summed E-state index contributed by atoms with van der Waals surface area (Å²) in [4.78, 5) is 0. The second-order valence-corrected chi connectivity index (χ2v) is 14.6. The molecule has 4 aromatic carbocycles. The van der Waals surface area contributed by atoms with Crippen molar-refractivity contribution in [2.24, 2.45) is 0 Å². The zero-order chi connectivity index (χ0) is 29.9. The van der Waals surface area contributed by atoms with Crippen LogP contribution in [0.4, 0.5) is 0 Å². The molecular weight excluding hydrogens is 535 g/mol. The zero-order valence-electron chi connectivity index (χ0n) is 27.0. The van der Waals surface area contributed by atoms with E-state index in [9.17, 15) is 0 Å². The molecule has 0 aromatic heterocycles. The molecule has 0 aliphatic heterocycles. The Morgan fingerprint density at radius 3 is 1.53 bits per heavy atom. The summed E-state index contributed by atoms with van der Waals surface area (Å²) in [6.45, 7) is 9.20. The Morgan fingerprint density at radius 1 is 0.535 bits per heavy atom. The van der Waals surface area contributed by atoms with Gasteiger partial charge in [0, 0.05) is 0 Å². The van der Waals surface area contributed by atoms with E-state index in [1.54, 1.807) is 11.1 Å². The molecular formula is C42H51P. The minimum absolute atomic E-state index is 0.499. The smallest absolute Gasteiger partial charge is 0.00205 e. The van der Waals surface area contributed by atoms with E-state index in [2.05, 4.69) is 116 Å². The van der Waals surface area contributed by atoms with Crippen molar-refractivity contribution in [2.45, 2.75) is 116 Å². The van der Waals surface area contributed by atoms with Gasteiger partial charge in [0.05, 0.1) is 0 Å². The summed E-state index contributed by atoms with van der Waals surface area (Å²) in [6, 6.07) is 30.6. The van der Waals surface area contributed by atoms with Crippen molar-refractivity contribution in [3.05, 3.63) is 101 Å². The van der Waals surface area contributed by atoms with Crippen LogP contribution in [0.15, 0.2) is 78.9 Å². The van der Waals surface area contributed by atoms with E-state index in [-0.39, 0.29) is 0 Å². The second kappa shape index (κ2) is 13.5. The lowest BCUT2D eigenvalue weighted by Gasteiger charge is -2.32. The van der Waals surface area contributed by atoms with Gasteiger partial charge >= 0.3 is 0 Å². The maximum Gasteiger partial charge on any atom is -0.00205 e. The average molecular weight is 587 g/mol. The third kappa shape index (κ3) is 6.42. The second-order valence-electron chi connectivity index (χ2n) is 14.0. The van der Waals surface area contributed by atoms with Crippen LogP contribution in [0.2, 0.25) is 0 Å². The first kappa shape index (κ1) is 30.3. The number of benzene rings is 4. The molecule has 2 aliphatic rings. The molecule has 0 bridgehead atoms. The molecule has 43 heavy (non-hydrogen) atoms. The third-order valence-corrected chi connectivity index (χ3v) is 11.1. The summed E-state index contributed by atoms with van der Waals surface area (Å²) in [5.74, 6) is 2.40. The molecule has 0 heterocycles. The summed E-state index contributed by atoms with van der Waals surface area (Å²) in [5, 5.41) is 1.46. The van der Waals surface area contributed by atoms with Gasteiger partial charge in [-0.05, 0) is 110 Å². The van der Waals surface area contributed by atoms with Gasteiger partial charge in [0.1, 0.15) is 0 Å². The molecule has 1 atom stereocenters. The molecule has 4 aromatic rings. The van der Waals surface area contributed by atoms with Gasteiger partial charge in [0.15, 0.2) is 0 Å². The first-order chi connectivity index (χ1) is 20.9. The molecule has 0 radical (unpaired) electrons.